The third-order valence-electron chi connectivity index (χ3n) is 4.14. The van der Waals surface area contributed by atoms with Gasteiger partial charge in [0.15, 0.2) is 0 Å². The van der Waals surface area contributed by atoms with Gasteiger partial charge in [0.25, 0.3) is 0 Å². The topological polar surface area (TPSA) is 38.3 Å². The molecule has 92 valence electrons. The molecule has 2 bridgehead atoms. The van der Waals surface area contributed by atoms with Crippen LogP contribution in [-0.4, -0.2) is 24.2 Å². The predicted molar refractivity (Wildman–Crippen MR) is 63.1 cm³/mol. The van der Waals surface area contributed by atoms with Crippen molar-refractivity contribution in [2.45, 2.75) is 71.1 Å². The number of ether oxygens (including phenoxy) is 1. The van der Waals surface area contributed by atoms with Crippen molar-refractivity contribution >= 4 is 5.97 Å². The molecular weight excluding hydrogens is 202 g/mol. The summed E-state index contributed by atoms with van der Waals surface area (Å²) in [7, 11) is 0. The molecule has 0 radical (unpaired) electrons. The van der Waals surface area contributed by atoms with Crippen molar-refractivity contribution in [1.29, 1.82) is 0 Å². The van der Waals surface area contributed by atoms with Gasteiger partial charge in [0.1, 0.15) is 6.10 Å². The van der Waals surface area contributed by atoms with Gasteiger partial charge in [-0.1, -0.05) is 6.92 Å². The van der Waals surface area contributed by atoms with Gasteiger partial charge >= 0.3 is 5.97 Å². The first-order chi connectivity index (χ1) is 7.51. The Morgan fingerprint density at radius 1 is 1.31 bits per heavy atom. The van der Waals surface area contributed by atoms with Gasteiger partial charge < -0.3 is 10.1 Å². The Hall–Kier alpha value is -0.570. The molecule has 3 nitrogen and oxygen atoms in total. The minimum atomic E-state index is -0.329. The Labute approximate surface area is 97.9 Å². The molecule has 2 rings (SSSR count). The normalized spacial score (nSPS) is 33.8. The van der Waals surface area contributed by atoms with Crippen LogP contribution in [-0.2, 0) is 9.53 Å². The summed E-state index contributed by atoms with van der Waals surface area (Å²) < 4.78 is 5.65. The standard InChI is InChI=1S/C13H23NO2/c1-4-13(2,3)12(15)16-11-7-9-5-6-10(8-11)14-9/h9-11,14H,4-8H2,1-3H3. The van der Waals surface area contributed by atoms with Crippen LogP contribution in [0.4, 0.5) is 0 Å². The molecule has 0 aromatic heterocycles. The van der Waals surface area contributed by atoms with E-state index < -0.39 is 0 Å². The third kappa shape index (κ3) is 2.40. The molecule has 2 aliphatic rings. The van der Waals surface area contributed by atoms with Crippen LogP contribution in [0.25, 0.3) is 0 Å². The van der Waals surface area contributed by atoms with Gasteiger partial charge in [0.2, 0.25) is 0 Å². The molecule has 1 N–H and O–H groups in total. The molecule has 3 heteroatoms. The van der Waals surface area contributed by atoms with Gasteiger partial charge in [0, 0.05) is 12.1 Å². The number of fused-ring (bicyclic) bond motifs is 2. The summed E-state index contributed by atoms with van der Waals surface area (Å²) in [5, 5.41) is 3.55. The molecule has 2 saturated heterocycles. The summed E-state index contributed by atoms with van der Waals surface area (Å²) in [4.78, 5) is 12.0. The number of hydrogen-bond acceptors (Lipinski definition) is 3. The summed E-state index contributed by atoms with van der Waals surface area (Å²) in [5.41, 5.74) is -0.329. The maximum absolute atomic E-state index is 12.0. The van der Waals surface area contributed by atoms with Gasteiger partial charge in [-0.3, -0.25) is 4.79 Å². The Bertz CT molecular complexity index is 263. The van der Waals surface area contributed by atoms with Crippen LogP contribution < -0.4 is 5.32 Å². The monoisotopic (exact) mass is 225 g/mol. The van der Waals surface area contributed by atoms with Crippen molar-refractivity contribution in [1.82, 2.24) is 5.32 Å². The van der Waals surface area contributed by atoms with E-state index in [1.54, 1.807) is 0 Å². The quantitative estimate of drug-likeness (QED) is 0.749. The maximum Gasteiger partial charge on any atom is 0.311 e. The van der Waals surface area contributed by atoms with Gasteiger partial charge in [-0.25, -0.2) is 0 Å². The van der Waals surface area contributed by atoms with E-state index in [9.17, 15) is 4.79 Å². The number of piperidine rings is 1. The Balaban J connectivity index is 1.88. The number of esters is 1. The van der Waals surface area contributed by atoms with E-state index in [2.05, 4.69) is 5.32 Å². The molecule has 2 aliphatic heterocycles. The zero-order valence-corrected chi connectivity index (χ0v) is 10.6. The van der Waals surface area contributed by atoms with E-state index in [0.29, 0.717) is 12.1 Å². The second-order valence-corrected chi connectivity index (χ2v) is 5.87. The van der Waals surface area contributed by atoms with Gasteiger partial charge in [-0.2, -0.15) is 0 Å². The average molecular weight is 225 g/mol. The van der Waals surface area contributed by atoms with E-state index >= 15 is 0 Å². The highest BCUT2D eigenvalue weighted by atomic mass is 16.5. The zero-order valence-electron chi connectivity index (χ0n) is 10.6. The number of carbonyl (C=O) groups excluding carboxylic acids is 1. The lowest BCUT2D eigenvalue weighted by molar-refractivity contribution is -0.161. The number of rotatable bonds is 3. The predicted octanol–water partition coefficient (Wildman–Crippen LogP) is 2.25. The molecule has 16 heavy (non-hydrogen) atoms. The van der Waals surface area contributed by atoms with Gasteiger partial charge in [-0.15, -0.1) is 0 Å². The van der Waals surface area contributed by atoms with Crippen molar-refractivity contribution in [3.63, 3.8) is 0 Å². The van der Waals surface area contributed by atoms with Crippen LogP contribution in [0, 0.1) is 5.41 Å². The zero-order chi connectivity index (χ0) is 11.8. The minimum absolute atomic E-state index is 0.0266. The van der Waals surface area contributed by atoms with Crippen LogP contribution in [0.2, 0.25) is 0 Å². The molecule has 0 aliphatic carbocycles. The van der Waals surface area contributed by atoms with Gasteiger partial charge in [0.05, 0.1) is 5.41 Å². The number of nitrogens with one attached hydrogen (secondary N) is 1. The molecule has 2 unspecified atom stereocenters. The lowest BCUT2D eigenvalue weighted by Crippen LogP contribution is -2.43. The van der Waals surface area contributed by atoms with Crippen LogP contribution in [0.5, 0.6) is 0 Å². The second-order valence-electron chi connectivity index (χ2n) is 5.87. The second kappa shape index (κ2) is 4.36. The first-order valence-corrected chi connectivity index (χ1v) is 6.48. The molecule has 2 atom stereocenters. The van der Waals surface area contributed by atoms with Crippen molar-refractivity contribution in [2.24, 2.45) is 5.41 Å². The van der Waals surface area contributed by atoms with Gasteiger partial charge in [-0.05, 0) is 46.0 Å². The highest BCUT2D eigenvalue weighted by molar-refractivity contribution is 5.76. The fraction of sp³-hybridized carbons (Fsp3) is 0.923. The van der Waals surface area contributed by atoms with E-state index in [0.717, 1.165) is 19.3 Å². The lowest BCUT2D eigenvalue weighted by Gasteiger charge is -2.31. The fourth-order valence-electron chi connectivity index (χ4n) is 2.56. The first-order valence-electron chi connectivity index (χ1n) is 6.48. The van der Waals surface area contributed by atoms with E-state index in [4.69, 9.17) is 4.74 Å². The number of carbonyl (C=O) groups is 1. The summed E-state index contributed by atoms with van der Waals surface area (Å²) in [6.45, 7) is 5.96. The summed E-state index contributed by atoms with van der Waals surface area (Å²) >= 11 is 0. The summed E-state index contributed by atoms with van der Waals surface area (Å²) in [5.74, 6) is -0.0266. The Morgan fingerprint density at radius 2 is 1.88 bits per heavy atom. The molecule has 0 amide bonds. The highest BCUT2D eigenvalue weighted by Gasteiger charge is 2.37. The van der Waals surface area contributed by atoms with Crippen molar-refractivity contribution in [3.05, 3.63) is 0 Å². The molecule has 2 heterocycles. The first kappa shape index (κ1) is 11.9. The van der Waals surface area contributed by atoms with Crippen LogP contribution in [0.1, 0.15) is 52.9 Å². The van der Waals surface area contributed by atoms with Crippen molar-refractivity contribution in [3.8, 4) is 0 Å². The maximum atomic E-state index is 12.0. The lowest BCUT2D eigenvalue weighted by atomic mass is 9.90. The van der Waals surface area contributed by atoms with Crippen LogP contribution in [0.3, 0.4) is 0 Å². The van der Waals surface area contributed by atoms with Crippen LogP contribution in [0.15, 0.2) is 0 Å². The number of hydrogen-bond donors (Lipinski definition) is 1. The van der Waals surface area contributed by atoms with Crippen LogP contribution >= 0.6 is 0 Å². The molecule has 0 aromatic rings. The summed E-state index contributed by atoms with van der Waals surface area (Å²) in [6, 6.07) is 1.17. The third-order valence-corrected chi connectivity index (χ3v) is 4.14. The molecule has 0 spiro atoms. The molecule has 0 saturated carbocycles. The van der Waals surface area contributed by atoms with E-state index in [-0.39, 0.29) is 17.5 Å². The average Bonchev–Trinajstić information content (AvgIpc) is 2.58. The fourth-order valence-corrected chi connectivity index (χ4v) is 2.56. The largest absolute Gasteiger partial charge is 0.462 e. The molecule has 2 fully saturated rings. The van der Waals surface area contributed by atoms with E-state index in [1.165, 1.54) is 12.8 Å². The van der Waals surface area contributed by atoms with Crippen molar-refractivity contribution < 1.29 is 9.53 Å². The SMILES string of the molecule is CCC(C)(C)C(=O)OC1CC2CCC(C1)N2. The smallest absolute Gasteiger partial charge is 0.311 e. The Kier molecular flexibility index (Phi) is 3.24. The van der Waals surface area contributed by atoms with Crippen molar-refractivity contribution in [2.75, 3.05) is 0 Å². The van der Waals surface area contributed by atoms with E-state index in [1.807, 2.05) is 20.8 Å². The summed E-state index contributed by atoms with van der Waals surface area (Å²) in [6.07, 6.45) is 5.48. The Morgan fingerprint density at radius 3 is 2.38 bits per heavy atom. The molecule has 0 aromatic carbocycles. The minimum Gasteiger partial charge on any atom is -0.462 e. The highest BCUT2D eigenvalue weighted by Crippen LogP contribution is 2.30. The molecular formula is C13H23NO2.